The lowest BCUT2D eigenvalue weighted by Crippen LogP contribution is -2.30. The molecule has 3 N–H and O–H groups in total. The van der Waals surface area contributed by atoms with Crippen molar-refractivity contribution in [1.29, 1.82) is 0 Å². The largest absolute Gasteiger partial charge is 0.472 e. The zero-order valence-electron chi connectivity index (χ0n) is 51.9. The average molecular weight is 1200 g/mol. The molecule has 0 bridgehead atoms. The van der Waals surface area contributed by atoms with E-state index in [2.05, 4.69) is 34.6 Å². The molecule has 0 amide bonds. The van der Waals surface area contributed by atoms with Gasteiger partial charge in [0.1, 0.15) is 19.3 Å². The normalized spacial score (nSPS) is 14.3. The number of phosphoric ester groups is 2. The number of ether oxygens (including phenoxy) is 4. The maximum Gasteiger partial charge on any atom is 0.472 e. The Bertz CT molecular complexity index is 1580. The minimum absolute atomic E-state index is 0.103. The summed E-state index contributed by atoms with van der Waals surface area (Å²) in [5.41, 5.74) is 0. The fourth-order valence-corrected chi connectivity index (χ4v) is 10.8. The summed E-state index contributed by atoms with van der Waals surface area (Å²) in [4.78, 5) is 71.8. The number of esters is 4. The highest BCUT2D eigenvalue weighted by molar-refractivity contribution is 7.47. The Morgan fingerprint density at radius 2 is 0.568 bits per heavy atom. The first kappa shape index (κ1) is 79.1. The molecule has 480 valence electrons. The Morgan fingerprint density at radius 3 is 0.840 bits per heavy atom. The molecule has 17 nitrogen and oxygen atoms in total. The number of aliphatic hydroxyl groups is 1. The highest BCUT2D eigenvalue weighted by Gasteiger charge is 2.30. The van der Waals surface area contributed by atoms with Gasteiger partial charge in [0.25, 0.3) is 0 Å². The topological polar surface area (TPSA) is 237 Å². The van der Waals surface area contributed by atoms with Crippen LogP contribution in [0.15, 0.2) is 0 Å². The molecule has 5 atom stereocenters. The highest BCUT2D eigenvalue weighted by atomic mass is 31.2. The van der Waals surface area contributed by atoms with E-state index in [0.717, 1.165) is 122 Å². The maximum absolute atomic E-state index is 12.9. The van der Waals surface area contributed by atoms with Crippen molar-refractivity contribution in [2.24, 2.45) is 5.92 Å². The smallest absolute Gasteiger partial charge is 0.462 e. The van der Waals surface area contributed by atoms with E-state index in [4.69, 9.17) is 37.0 Å². The van der Waals surface area contributed by atoms with E-state index < -0.39 is 97.5 Å². The van der Waals surface area contributed by atoms with Crippen molar-refractivity contribution >= 4 is 39.5 Å². The summed E-state index contributed by atoms with van der Waals surface area (Å²) < 4.78 is 67.7. The van der Waals surface area contributed by atoms with E-state index in [1.54, 1.807) is 0 Å². The molecule has 81 heavy (non-hydrogen) atoms. The van der Waals surface area contributed by atoms with Crippen LogP contribution in [0.1, 0.15) is 311 Å². The molecule has 0 saturated heterocycles. The van der Waals surface area contributed by atoms with Crippen molar-refractivity contribution in [2.75, 3.05) is 39.6 Å². The second-order valence-corrected chi connectivity index (χ2v) is 25.8. The fourth-order valence-electron chi connectivity index (χ4n) is 9.23. The number of carbonyl (C=O) groups is 4. The van der Waals surface area contributed by atoms with E-state index in [1.807, 2.05) is 0 Å². The molecule has 0 saturated carbocycles. The second-order valence-electron chi connectivity index (χ2n) is 22.9. The molecule has 0 heterocycles. The van der Waals surface area contributed by atoms with Gasteiger partial charge in [-0.1, -0.05) is 259 Å². The number of carbonyl (C=O) groups excluding carboxylic acids is 4. The van der Waals surface area contributed by atoms with Gasteiger partial charge >= 0.3 is 39.5 Å². The monoisotopic (exact) mass is 1200 g/mol. The van der Waals surface area contributed by atoms with Gasteiger partial charge in [-0.3, -0.25) is 37.3 Å². The molecule has 0 aliphatic carbocycles. The Kier molecular flexibility index (Phi) is 54.6. The maximum atomic E-state index is 12.9. The van der Waals surface area contributed by atoms with Gasteiger partial charge in [0.2, 0.25) is 0 Å². The third-order valence-corrected chi connectivity index (χ3v) is 16.2. The summed E-state index contributed by atoms with van der Waals surface area (Å²) in [5, 5.41) is 10.5. The molecule has 0 aromatic heterocycles. The van der Waals surface area contributed by atoms with Gasteiger partial charge in [-0.15, -0.1) is 0 Å². The third kappa shape index (κ3) is 56.9. The van der Waals surface area contributed by atoms with Gasteiger partial charge in [0.05, 0.1) is 26.4 Å². The van der Waals surface area contributed by atoms with Crippen molar-refractivity contribution in [2.45, 2.75) is 329 Å². The summed E-state index contributed by atoms with van der Waals surface area (Å²) in [6.07, 6.45) is 39.3. The van der Waals surface area contributed by atoms with E-state index >= 15 is 0 Å². The molecular weight excluding hydrogens is 1080 g/mol. The van der Waals surface area contributed by atoms with Crippen molar-refractivity contribution in [3.05, 3.63) is 0 Å². The van der Waals surface area contributed by atoms with Crippen LogP contribution in [0.25, 0.3) is 0 Å². The first-order chi connectivity index (χ1) is 39.0. The fraction of sp³-hybridized carbons (Fsp3) is 0.935. The zero-order valence-corrected chi connectivity index (χ0v) is 53.7. The molecule has 0 fully saturated rings. The molecule has 0 spiro atoms. The lowest BCUT2D eigenvalue weighted by Gasteiger charge is -2.21. The highest BCUT2D eigenvalue weighted by Crippen LogP contribution is 2.45. The number of unbranched alkanes of at least 4 members (excludes halogenated alkanes) is 34. The van der Waals surface area contributed by atoms with Gasteiger partial charge in [-0.25, -0.2) is 9.13 Å². The predicted molar refractivity (Wildman–Crippen MR) is 322 cm³/mol. The minimum Gasteiger partial charge on any atom is -0.462 e. The molecule has 0 aromatic carbocycles. The predicted octanol–water partition coefficient (Wildman–Crippen LogP) is 17.0. The molecule has 0 aliphatic rings. The molecule has 0 rings (SSSR count). The van der Waals surface area contributed by atoms with Gasteiger partial charge < -0.3 is 33.8 Å². The Labute approximate surface area is 492 Å². The Morgan fingerprint density at radius 1 is 0.333 bits per heavy atom. The van der Waals surface area contributed by atoms with Crippen LogP contribution in [0.4, 0.5) is 0 Å². The van der Waals surface area contributed by atoms with Crippen LogP contribution in [0.5, 0.6) is 0 Å². The Balaban J connectivity index is 5.15. The summed E-state index contributed by atoms with van der Waals surface area (Å²) in [7, 11) is -9.87. The standard InChI is InChI=1S/C62H120O17P2/c1-6-9-12-15-18-19-20-21-22-23-24-25-26-27-32-38-43-48-62(67)79-58(52-73-60(65)46-41-36-33-28-31-34-39-44-55(4)5)54-77-81(70,71)75-50-56(63)49-74-80(68,69)76-53-57(78-61(66)47-42-37-30-17-14-11-8-3)51-72-59(64)45-40-35-29-16-13-10-7-2/h55-58,63H,6-54H2,1-5H3,(H,68,69)(H,70,71)/t56-,57+,58+/m0/s1. The summed E-state index contributed by atoms with van der Waals surface area (Å²) in [6, 6.07) is 0. The van der Waals surface area contributed by atoms with Crippen molar-refractivity contribution in [1.82, 2.24) is 0 Å². The van der Waals surface area contributed by atoms with Crippen LogP contribution in [0, 0.1) is 5.92 Å². The first-order valence-electron chi connectivity index (χ1n) is 32.6. The van der Waals surface area contributed by atoms with Gasteiger partial charge in [-0.2, -0.15) is 0 Å². The van der Waals surface area contributed by atoms with Crippen LogP contribution < -0.4 is 0 Å². The summed E-state index contributed by atoms with van der Waals surface area (Å²) in [6.45, 7) is 7.04. The lowest BCUT2D eigenvalue weighted by molar-refractivity contribution is -0.161. The first-order valence-corrected chi connectivity index (χ1v) is 35.6. The van der Waals surface area contributed by atoms with E-state index in [0.29, 0.717) is 31.6 Å². The third-order valence-electron chi connectivity index (χ3n) is 14.3. The molecule has 0 aromatic rings. The summed E-state index contributed by atoms with van der Waals surface area (Å²) >= 11 is 0. The van der Waals surface area contributed by atoms with Gasteiger partial charge in [0, 0.05) is 25.7 Å². The molecule has 19 heteroatoms. The van der Waals surface area contributed by atoms with Crippen LogP contribution >= 0.6 is 15.6 Å². The van der Waals surface area contributed by atoms with Crippen LogP contribution in [0.3, 0.4) is 0 Å². The SMILES string of the molecule is CCCCCCCCCCCCCCCCCCCC(=O)O[C@H](COC(=O)CCCCCCCCCC(C)C)COP(=O)(O)OC[C@@H](O)COP(=O)(O)OC[C@@H](COC(=O)CCCCCCCCC)OC(=O)CCCCCCCCC. The molecule has 2 unspecified atom stereocenters. The van der Waals surface area contributed by atoms with Crippen LogP contribution in [0.2, 0.25) is 0 Å². The van der Waals surface area contributed by atoms with Crippen LogP contribution in [-0.2, 0) is 65.4 Å². The number of hydrogen-bond acceptors (Lipinski definition) is 15. The zero-order chi connectivity index (χ0) is 59.9. The summed E-state index contributed by atoms with van der Waals surface area (Å²) in [5.74, 6) is -1.44. The molecular formula is C62H120O17P2. The van der Waals surface area contributed by atoms with E-state index in [1.165, 1.54) is 103 Å². The average Bonchev–Trinajstić information content (AvgIpc) is 3.43. The lowest BCUT2D eigenvalue weighted by atomic mass is 10.0. The Hall–Kier alpha value is -1.94. The minimum atomic E-state index is -4.94. The van der Waals surface area contributed by atoms with Gasteiger partial charge in [-0.05, 0) is 31.6 Å². The van der Waals surface area contributed by atoms with Crippen molar-refractivity contribution in [3.8, 4) is 0 Å². The number of phosphoric acid groups is 2. The van der Waals surface area contributed by atoms with Gasteiger partial charge in [0.15, 0.2) is 12.2 Å². The van der Waals surface area contributed by atoms with Crippen molar-refractivity contribution in [3.63, 3.8) is 0 Å². The van der Waals surface area contributed by atoms with Crippen molar-refractivity contribution < 1.29 is 80.2 Å². The quantitative estimate of drug-likeness (QED) is 0.0222. The number of rotatable bonds is 62. The number of hydrogen-bond donors (Lipinski definition) is 3. The van der Waals surface area contributed by atoms with E-state index in [-0.39, 0.29) is 25.7 Å². The molecule has 0 radical (unpaired) electrons. The molecule has 0 aliphatic heterocycles. The number of aliphatic hydroxyl groups excluding tert-OH is 1. The van der Waals surface area contributed by atoms with Crippen LogP contribution in [-0.4, -0.2) is 96.7 Å². The second kappa shape index (κ2) is 55.9. The van der Waals surface area contributed by atoms with E-state index in [9.17, 15) is 43.2 Å².